The first-order valence-corrected chi connectivity index (χ1v) is 13.1. The maximum Gasteiger partial charge on any atom is 0.416 e. The summed E-state index contributed by atoms with van der Waals surface area (Å²) in [4.78, 5) is 25.1. The number of nitrogens with zero attached hydrogens (tertiary/aromatic N) is 5. The number of anilines is 1. The average molecular weight is 605 g/mol. The normalized spacial score (nSPS) is 14.4. The number of hydrogen-bond donors (Lipinski definition) is 1. The highest BCUT2D eigenvalue weighted by molar-refractivity contribution is 6.02. The largest absolute Gasteiger partial charge is 0.661 e. The van der Waals surface area contributed by atoms with Crippen LogP contribution >= 0.6 is 0 Å². The molecule has 5 rings (SSSR count). The van der Waals surface area contributed by atoms with Gasteiger partial charge in [-0.1, -0.05) is 48.0 Å². The van der Waals surface area contributed by atoms with Gasteiger partial charge in [-0.05, 0) is 41.6 Å². The van der Waals surface area contributed by atoms with Crippen LogP contribution in [0.2, 0.25) is 0 Å². The predicted octanol–water partition coefficient (Wildman–Crippen LogP) is 6.97. The van der Waals surface area contributed by atoms with E-state index in [2.05, 4.69) is 27.2 Å². The molecular formula is C30H28F6N5O2-. The molecule has 0 saturated carbocycles. The van der Waals surface area contributed by atoms with Crippen LogP contribution in [0.5, 0.6) is 0 Å². The van der Waals surface area contributed by atoms with Crippen molar-refractivity contribution >= 4 is 22.7 Å². The fraction of sp³-hybridized carbons (Fsp3) is 0.300. The van der Waals surface area contributed by atoms with Gasteiger partial charge < -0.3 is 20.2 Å². The van der Waals surface area contributed by atoms with Crippen LogP contribution in [0.4, 0.5) is 32.3 Å². The molecule has 2 heterocycles. The van der Waals surface area contributed by atoms with Crippen LogP contribution in [0.1, 0.15) is 27.2 Å². The van der Waals surface area contributed by atoms with E-state index in [4.69, 9.17) is 0 Å². The van der Waals surface area contributed by atoms with Crippen LogP contribution in [0.25, 0.3) is 27.2 Å². The monoisotopic (exact) mass is 604 g/mol. The van der Waals surface area contributed by atoms with Crippen molar-refractivity contribution < 1.29 is 36.2 Å². The number of aromatic nitrogens is 2. The van der Waals surface area contributed by atoms with Crippen LogP contribution in [0.3, 0.4) is 0 Å². The number of benzene rings is 3. The number of carbonyl (C=O) groups is 1. The summed E-state index contributed by atoms with van der Waals surface area (Å²) >= 11 is 0. The lowest BCUT2D eigenvalue weighted by Gasteiger charge is -2.32. The second kappa shape index (κ2) is 13.0. The minimum absolute atomic E-state index is 0.0466. The van der Waals surface area contributed by atoms with Gasteiger partial charge in [-0.25, -0.2) is 14.8 Å². The van der Waals surface area contributed by atoms with E-state index in [1.54, 1.807) is 6.20 Å². The summed E-state index contributed by atoms with van der Waals surface area (Å²) in [7, 11) is 3.39. The summed E-state index contributed by atoms with van der Waals surface area (Å²) in [6.07, 6.45) is -7.96. The van der Waals surface area contributed by atoms with Crippen molar-refractivity contribution in [2.75, 3.05) is 45.2 Å². The molecule has 0 bridgehead atoms. The van der Waals surface area contributed by atoms with Crippen molar-refractivity contribution in [1.29, 1.82) is 0 Å². The minimum atomic E-state index is -4.80. The highest BCUT2D eigenvalue weighted by atomic mass is 19.4. The zero-order valence-electron chi connectivity index (χ0n) is 23.2. The standard InChI is InChI=1S/C20H20N4O2.C10H8F6N/c1-23-9-11-24(12-10-23)20-21-13-17(18(22-20)19(25)26)16-8-4-6-14-5-2-3-7-15(14)16;1-17-5-6-2-7(9(11,12)13)4-8(3-6)10(14,15)16/h2-8,13H,9-12H2,1H3,(H,25,26);2-4H,5H2,1H3/q;-1. The van der Waals surface area contributed by atoms with Crippen LogP contribution in [-0.2, 0) is 18.9 Å². The van der Waals surface area contributed by atoms with Crippen molar-refractivity contribution in [3.63, 3.8) is 0 Å². The molecule has 1 aliphatic rings. The molecule has 1 aromatic heterocycles. The Morgan fingerprint density at radius 3 is 2.07 bits per heavy atom. The summed E-state index contributed by atoms with van der Waals surface area (Å²) in [5.74, 6) is -0.551. The molecule has 1 fully saturated rings. The van der Waals surface area contributed by atoms with Gasteiger partial charge in [-0.2, -0.15) is 33.4 Å². The van der Waals surface area contributed by atoms with Gasteiger partial charge in [0, 0.05) is 37.9 Å². The van der Waals surface area contributed by atoms with Crippen LogP contribution in [-0.4, -0.2) is 66.2 Å². The third-order valence-electron chi connectivity index (χ3n) is 6.83. The van der Waals surface area contributed by atoms with Crippen molar-refractivity contribution in [2.24, 2.45) is 0 Å². The molecule has 13 heteroatoms. The number of carboxylic acids is 1. The molecule has 228 valence electrons. The number of aromatic carboxylic acids is 1. The van der Waals surface area contributed by atoms with E-state index in [9.17, 15) is 36.2 Å². The fourth-order valence-corrected chi connectivity index (χ4v) is 4.64. The maximum absolute atomic E-state index is 12.4. The Balaban J connectivity index is 0.000000217. The Morgan fingerprint density at radius 2 is 1.49 bits per heavy atom. The van der Waals surface area contributed by atoms with E-state index in [1.165, 1.54) is 7.05 Å². The average Bonchev–Trinajstić information content (AvgIpc) is 2.96. The lowest BCUT2D eigenvalue weighted by Crippen LogP contribution is -2.45. The van der Waals surface area contributed by atoms with Crippen LogP contribution in [0, 0.1) is 0 Å². The number of likely N-dealkylation sites (N-methyl/N-ethyl adjacent to an activating group) is 1. The van der Waals surface area contributed by atoms with Gasteiger partial charge in [0.2, 0.25) is 5.95 Å². The predicted molar refractivity (Wildman–Crippen MR) is 151 cm³/mol. The third-order valence-corrected chi connectivity index (χ3v) is 6.83. The summed E-state index contributed by atoms with van der Waals surface area (Å²) in [6.45, 7) is 3.23. The highest BCUT2D eigenvalue weighted by Gasteiger charge is 2.36. The molecule has 1 saturated heterocycles. The zero-order chi connectivity index (χ0) is 31.4. The summed E-state index contributed by atoms with van der Waals surface area (Å²) in [5, 5.41) is 15.3. The summed E-state index contributed by atoms with van der Waals surface area (Å²) < 4.78 is 74.3. The second-order valence-electron chi connectivity index (χ2n) is 9.94. The first kappa shape index (κ1) is 31.7. The second-order valence-corrected chi connectivity index (χ2v) is 9.94. The number of piperazine rings is 1. The lowest BCUT2D eigenvalue weighted by molar-refractivity contribution is -0.143. The molecule has 7 nitrogen and oxygen atoms in total. The molecule has 0 atom stereocenters. The van der Waals surface area contributed by atoms with E-state index in [0.29, 0.717) is 23.6 Å². The van der Waals surface area contributed by atoms with Gasteiger partial charge in [-0.15, -0.1) is 6.54 Å². The molecule has 4 aromatic rings. The fourth-order valence-electron chi connectivity index (χ4n) is 4.64. The Bertz CT molecular complexity index is 1550. The number of halogens is 6. The number of fused-ring (bicyclic) bond motifs is 1. The van der Waals surface area contributed by atoms with Gasteiger partial charge in [0.05, 0.1) is 11.1 Å². The lowest BCUT2D eigenvalue weighted by atomic mass is 9.98. The van der Waals surface area contributed by atoms with E-state index < -0.39 is 29.4 Å². The Morgan fingerprint density at radius 1 is 0.884 bits per heavy atom. The quantitative estimate of drug-likeness (QED) is 0.248. The molecule has 0 radical (unpaired) electrons. The number of rotatable bonds is 5. The minimum Gasteiger partial charge on any atom is -0.661 e. The van der Waals surface area contributed by atoms with E-state index >= 15 is 0 Å². The first-order chi connectivity index (χ1) is 20.3. The van der Waals surface area contributed by atoms with Gasteiger partial charge >= 0.3 is 18.3 Å². The summed E-state index contributed by atoms with van der Waals surface area (Å²) in [5.41, 5.74) is -1.31. The molecule has 0 amide bonds. The van der Waals surface area contributed by atoms with Crippen molar-refractivity contribution in [3.8, 4) is 11.1 Å². The topological polar surface area (TPSA) is 83.7 Å². The smallest absolute Gasteiger partial charge is 0.416 e. The Hall–Kier alpha value is -4.23. The van der Waals surface area contributed by atoms with Gasteiger partial charge in [0.25, 0.3) is 0 Å². The molecule has 0 spiro atoms. The van der Waals surface area contributed by atoms with E-state index in [0.717, 1.165) is 42.5 Å². The number of alkyl halides is 6. The van der Waals surface area contributed by atoms with Crippen LogP contribution < -0.4 is 4.90 Å². The Labute approximate surface area is 243 Å². The van der Waals surface area contributed by atoms with E-state index in [1.807, 2.05) is 47.4 Å². The van der Waals surface area contributed by atoms with Crippen molar-refractivity contribution in [1.82, 2.24) is 14.9 Å². The van der Waals surface area contributed by atoms with Gasteiger partial charge in [-0.3, -0.25) is 0 Å². The number of carboxylic acid groups (broad SMARTS) is 1. The van der Waals surface area contributed by atoms with E-state index in [-0.39, 0.29) is 23.9 Å². The first-order valence-electron chi connectivity index (χ1n) is 13.1. The molecule has 1 aliphatic heterocycles. The molecule has 3 aromatic carbocycles. The highest BCUT2D eigenvalue weighted by Crippen LogP contribution is 2.36. The maximum atomic E-state index is 12.4. The van der Waals surface area contributed by atoms with Gasteiger partial charge in [0.15, 0.2) is 5.69 Å². The van der Waals surface area contributed by atoms with Crippen molar-refractivity contribution in [3.05, 3.63) is 94.6 Å². The molecule has 0 unspecified atom stereocenters. The molecule has 1 N–H and O–H groups in total. The van der Waals surface area contributed by atoms with Crippen molar-refractivity contribution in [2.45, 2.75) is 18.9 Å². The zero-order valence-corrected chi connectivity index (χ0v) is 23.2. The van der Waals surface area contributed by atoms with Crippen LogP contribution in [0.15, 0.2) is 66.9 Å². The SMILES string of the molecule is CN1CCN(c2ncc(-c3cccc4ccccc34)c(C(=O)O)n2)CC1.C[N-]Cc1cc(C(F)(F)F)cc(C(F)(F)F)c1. The Kier molecular flexibility index (Phi) is 9.55. The summed E-state index contributed by atoms with van der Waals surface area (Å²) in [6, 6.07) is 15.2. The third kappa shape index (κ3) is 7.79. The molecular weight excluding hydrogens is 576 g/mol. The molecule has 0 aliphatic carbocycles. The molecule has 43 heavy (non-hydrogen) atoms. The van der Waals surface area contributed by atoms with Gasteiger partial charge in [0.1, 0.15) is 0 Å². The number of hydrogen-bond acceptors (Lipinski definition) is 5.